The predicted molar refractivity (Wildman–Crippen MR) is 65.0 cm³/mol. The Morgan fingerprint density at radius 2 is 2.00 bits per heavy atom. The van der Waals surface area contributed by atoms with Crippen molar-refractivity contribution in [3.63, 3.8) is 0 Å². The van der Waals surface area contributed by atoms with Gasteiger partial charge in [-0.25, -0.2) is 0 Å². The monoisotopic (exact) mass is 221 g/mol. The van der Waals surface area contributed by atoms with E-state index in [-0.39, 0.29) is 5.54 Å². The Morgan fingerprint density at radius 3 is 2.44 bits per heavy atom. The molecule has 1 saturated heterocycles. The summed E-state index contributed by atoms with van der Waals surface area (Å²) in [5.41, 5.74) is -0.228. The van der Waals surface area contributed by atoms with Crippen molar-refractivity contribution >= 4 is 0 Å². The van der Waals surface area contributed by atoms with Crippen LogP contribution in [-0.4, -0.2) is 36.1 Å². The second kappa shape index (κ2) is 4.73. The van der Waals surface area contributed by atoms with Crippen molar-refractivity contribution in [3.8, 4) is 6.07 Å². The lowest BCUT2D eigenvalue weighted by molar-refractivity contribution is 0.136. The van der Waals surface area contributed by atoms with Crippen molar-refractivity contribution in [2.24, 2.45) is 5.92 Å². The van der Waals surface area contributed by atoms with E-state index in [0.717, 1.165) is 38.4 Å². The molecular weight excluding hydrogens is 198 g/mol. The molecule has 0 aromatic rings. The van der Waals surface area contributed by atoms with E-state index in [1.165, 1.54) is 12.8 Å². The Kier molecular flexibility index (Phi) is 3.51. The molecule has 2 rings (SSSR count). The molecule has 2 aliphatic rings. The van der Waals surface area contributed by atoms with E-state index < -0.39 is 0 Å². The molecule has 3 heteroatoms. The van der Waals surface area contributed by atoms with Crippen LogP contribution in [0.15, 0.2) is 0 Å². The molecule has 0 bridgehead atoms. The molecule has 16 heavy (non-hydrogen) atoms. The highest BCUT2D eigenvalue weighted by Crippen LogP contribution is 2.30. The lowest BCUT2D eigenvalue weighted by Crippen LogP contribution is -2.54. The van der Waals surface area contributed by atoms with Crippen LogP contribution >= 0.6 is 0 Å². The third kappa shape index (κ3) is 2.75. The van der Waals surface area contributed by atoms with E-state index in [9.17, 15) is 5.26 Å². The molecule has 0 amide bonds. The number of hydrogen-bond donors (Lipinski definition) is 1. The first-order chi connectivity index (χ1) is 7.65. The Bertz CT molecular complexity index is 267. The summed E-state index contributed by atoms with van der Waals surface area (Å²) in [6.07, 6.45) is 4.67. The molecule has 0 aromatic heterocycles. The summed E-state index contributed by atoms with van der Waals surface area (Å²) in [5.74, 6) is 0.855. The predicted octanol–water partition coefficient (Wildman–Crippen LogP) is 1.75. The Balaban J connectivity index is 1.84. The van der Waals surface area contributed by atoms with Gasteiger partial charge in [-0.1, -0.05) is 0 Å². The Hall–Kier alpha value is -0.590. The summed E-state index contributed by atoms with van der Waals surface area (Å²) < 4.78 is 0. The second-order valence-electron chi connectivity index (χ2n) is 5.65. The highest BCUT2D eigenvalue weighted by Gasteiger charge is 2.36. The van der Waals surface area contributed by atoms with Gasteiger partial charge in [0.25, 0.3) is 0 Å². The molecule has 2 fully saturated rings. The molecule has 1 heterocycles. The fourth-order valence-electron chi connectivity index (χ4n) is 2.41. The van der Waals surface area contributed by atoms with Crippen molar-refractivity contribution in [1.82, 2.24) is 10.2 Å². The minimum Gasteiger partial charge on any atom is -0.301 e. The van der Waals surface area contributed by atoms with E-state index in [0.29, 0.717) is 6.04 Å². The van der Waals surface area contributed by atoms with Crippen LogP contribution in [0.2, 0.25) is 0 Å². The Morgan fingerprint density at radius 1 is 1.38 bits per heavy atom. The number of nitrogens with one attached hydrogen (secondary N) is 1. The van der Waals surface area contributed by atoms with Crippen LogP contribution in [-0.2, 0) is 0 Å². The van der Waals surface area contributed by atoms with Crippen LogP contribution < -0.4 is 5.32 Å². The molecule has 0 aromatic carbocycles. The molecule has 0 radical (unpaired) electrons. The van der Waals surface area contributed by atoms with Gasteiger partial charge in [-0.2, -0.15) is 5.26 Å². The van der Waals surface area contributed by atoms with Crippen molar-refractivity contribution in [3.05, 3.63) is 0 Å². The van der Waals surface area contributed by atoms with Gasteiger partial charge in [-0.3, -0.25) is 5.32 Å². The van der Waals surface area contributed by atoms with Gasteiger partial charge in [0.2, 0.25) is 0 Å². The van der Waals surface area contributed by atoms with Crippen LogP contribution in [0.3, 0.4) is 0 Å². The zero-order valence-electron chi connectivity index (χ0n) is 10.5. The average Bonchev–Trinajstić information content (AvgIpc) is 3.11. The first-order valence-electron chi connectivity index (χ1n) is 6.55. The second-order valence-corrected chi connectivity index (χ2v) is 5.65. The maximum absolute atomic E-state index is 9.37. The fraction of sp³-hybridized carbons (Fsp3) is 0.923. The standard InChI is InChI=1S/C13H23N3/c1-11(2)16-7-5-13(10-14,6-8-16)15-9-12-3-4-12/h11-12,15H,3-9H2,1-2H3. The van der Waals surface area contributed by atoms with Gasteiger partial charge in [-0.15, -0.1) is 0 Å². The zero-order valence-corrected chi connectivity index (χ0v) is 10.5. The number of likely N-dealkylation sites (tertiary alicyclic amines) is 1. The van der Waals surface area contributed by atoms with Gasteiger partial charge >= 0.3 is 0 Å². The fourth-order valence-corrected chi connectivity index (χ4v) is 2.41. The summed E-state index contributed by atoms with van der Waals surface area (Å²) in [7, 11) is 0. The summed E-state index contributed by atoms with van der Waals surface area (Å²) in [6.45, 7) is 7.63. The van der Waals surface area contributed by atoms with E-state index >= 15 is 0 Å². The number of nitrogens with zero attached hydrogens (tertiary/aromatic N) is 2. The summed E-state index contributed by atoms with van der Waals surface area (Å²) in [6, 6.07) is 3.13. The minimum absolute atomic E-state index is 0.228. The van der Waals surface area contributed by atoms with Gasteiger partial charge in [0.1, 0.15) is 5.54 Å². The first kappa shape index (κ1) is 11.9. The van der Waals surface area contributed by atoms with Gasteiger partial charge in [0.15, 0.2) is 0 Å². The largest absolute Gasteiger partial charge is 0.301 e. The summed E-state index contributed by atoms with van der Waals surface area (Å²) in [5, 5.41) is 12.9. The van der Waals surface area contributed by atoms with Gasteiger partial charge in [0, 0.05) is 19.1 Å². The summed E-state index contributed by atoms with van der Waals surface area (Å²) >= 11 is 0. The van der Waals surface area contributed by atoms with Gasteiger partial charge in [0.05, 0.1) is 6.07 Å². The highest BCUT2D eigenvalue weighted by molar-refractivity contribution is 5.10. The maximum Gasteiger partial charge on any atom is 0.109 e. The molecule has 1 aliphatic heterocycles. The number of nitriles is 1. The van der Waals surface area contributed by atoms with Crippen molar-refractivity contribution in [1.29, 1.82) is 5.26 Å². The van der Waals surface area contributed by atoms with Gasteiger partial charge in [-0.05, 0) is 52.0 Å². The molecule has 0 spiro atoms. The van der Waals surface area contributed by atoms with Crippen molar-refractivity contribution in [2.45, 2.75) is 51.1 Å². The normalized spacial score (nSPS) is 25.6. The van der Waals surface area contributed by atoms with Gasteiger partial charge < -0.3 is 4.90 Å². The topological polar surface area (TPSA) is 39.1 Å². The van der Waals surface area contributed by atoms with Crippen molar-refractivity contribution < 1.29 is 0 Å². The third-order valence-electron chi connectivity index (χ3n) is 4.02. The number of rotatable bonds is 4. The van der Waals surface area contributed by atoms with E-state index in [1.807, 2.05) is 0 Å². The van der Waals surface area contributed by atoms with Crippen molar-refractivity contribution in [2.75, 3.05) is 19.6 Å². The smallest absolute Gasteiger partial charge is 0.109 e. The minimum atomic E-state index is -0.228. The summed E-state index contributed by atoms with van der Waals surface area (Å²) in [4.78, 5) is 2.47. The molecule has 0 atom stereocenters. The number of hydrogen-bond acceptors (Lipinski definition) is 3. The molecule has 90 valence electrons. The number of piperidine rings is 1. The molecule has 1 N–H and O–H groups in total. The average molecular weight is 221 g/mol. The van der Waals surface area contributed by atoms with E-state index in [4.69, 9.17) is 0 Å². The lowest BCUT2D eigenvalue weighted by atomic mass is 9.88. The third-order valence-corrected chi connectivity index (χ3v) is 4.02. The lowest BCUT2D eigenvalue weighted by Gasteiger charge is -2.39. The van der Waals surface area contributed by atoms with Crippen LogP contribution in [0, 0.1) is 17.2 Å². The van der Waals surface area contributed by atoms with Crippen LogP contribution in [0.1, 0.15) is 39.5 Å². The molecule has 3 nitrogen and oxygen atoms in total. The zero-order chi connectivity index (χ0) is 11.6. The van der Waals surface area contributed by atoms with Crippen LogP contribution in [0.25, 0.3) is 0 Å². The Labute approximate surface area is 98.8 Å². The van der Waals surface area contributed by atoms with E-state index in [1.54, 1.807) is 0 Å². The quantitative estimate of drug-likeness (QED) is 0.786. The SMILES string of the molecule is CC(C)N1CCC(C#N)(NCC2CC2)CC1. The van der Waals surface area contributed by atoms with E-state index in [2.05, 4.69) is 30.1 Å². The molecular formula is C13H23N3. The first-order valence-corrected chi connectivity index (χ1v) is 6.55. The molecule has 0 unspecified atom stereocenters. The molecule has 1 saturated carbocycles. The van der Waals surface area contributed by atoms with Crippen LogP contribution in [0.5, 0.6) is 0 Å². The van der Waals surface area contributed by atoms with Crippen LogP contribution in [0.4, 0.5) is 0 Å². The molecule has 1 aliphatic carbocycles. The highest BCUT2D eigenvalue weighted by atomic mass is 15.2. The maximum atomic E-state index is 9.37.